The summed E-state index contributed by atoms with van der Waals surface area (Å²) in [6.45, 7) is 0. The highest BCUT2D eigenvalue weighted by Crippen LogP contribution is 2.47. The second-order valence-corrected chi connectivity index (χ2v) is 14.1. The average molecular weight is 720 g/mol. The summed E-state index contributed by atoms with van der Waals surface area (Å²) in [4.78, 5) is 2.29. The zero-order chi connectivity index (χ0) is 37.0. The van der Waals surface area contributed by atoms with Crippen LogP contribution in [0.5, 0.6) is 23.0 Å². The quantitative estimate of drug-likeness (QED) is 0.171. The summed E-state index contributed by atoms with van der Waals surface area (Å²) in [5.74, 6) is 3.00. The van der Waals surface area contributed by atoms with E-state index in [1.54, 1.807) is 0 Å². The Morgan fingerprint density at radius 3 is 1.50 bits per heavy atom. The fraction of sp³-hybridized carbons (Fsp3) is 0. The number of para-hydroxylation sites is 1. The fourth-order valence-corrected chi connectivity index (χ4v) is 7.92. The Labute approximate surface area is 324 Å². The van der Waals surface area contributed by atoms with Crippen molar-refractivity contribution in [2.24, 2.45) is 0 Å². The van der Waals surface area contributed by atoms with E-state index in [0.29, 0.717) is 11.5 Å². The predicted molar refractivity (Wildman–Crippen MR) is 229 cm³/mol. The lowest BCUT2D eigenvalue weighted by molar-refractivity contribution is 0.439. The molecule has 1 aliphatic heterocycles. The zero-order valence-electron chi connectivity index (χ0n) is 30.2. The molecular weight excluding hydrogens is 687 g/mol. The van der Waals surface area contributed by atoms with Crippen LogP contribution in [0.3, 0.4) is 0 Å². The molecule has 0 spiro atoms. The molecule has 1 aliphatic rings. The van der Waals surface area contributed by atoms with E-state index < -0.39 is 0 Å². The smallest absolute Gasteiger partial charge is 0.170 e. The monoisotopic (exact) mass is 719 g/mol. The summed E-state index contributed by atoms with van der Waals surface area (Å²) >= 11 is 0. The van der Waals surface area contributed by atoms with Gasteiger partial charge in [0.25, 0.3) is 0 Å². The highest BCUT2D eigenvalue weighted by atomic mass is 16.5. The van der Waals surface area contributed by atoms with Gasteiger partial charge in [0.1, 0.15) is 22.7 Å². The molecule has 264 valence electrons. The minimum absolute atomic E-state index is 0.699. The molecular formula is C52H33NO3. The molecule has 0 N–H and O–H groups in total. The molecule has 0 atom stereocenters. The Morgan fingerprint density at radius 2 is 0.821 bits per heavy atom. The molecule has 0 saturated carbocycles. The third-order valence-electron chi connectivity index (χ3n) is 10.7. The third-order valence-corrected chi connectivity index (χ3v) is 10.7. The molecule has 0 amide bonds. The molecule has 2 heterocycles. The molecule has 4 heteroatoms. The Balaban J connectivity index is 0.906. The number of rotatable bonds is 6. The maximum absolute atomic E-state index is 6.45. The summed E-state index contributed by atoms with van der Waals surface area (Å²) < 4.78 is 19.1. The number of anilines is 3. The Hall–Kier alpha value is -7.56. The molecule has 0 radical (unpaired) electrons. The van der Waals surface area contributed by atoms with Gasteiger partial charge in [-0.25, -0.2) is 0 Å². The topological polar surface area (TPSA) is 34.8 Å². The SMILES string of the molecule is c1ccc(-c2ccc(N(c3ccc(-c4ccc(-c5ccc6c(c5)Oc5cccc7cccc(c57)O6)cc4)cc3)c3ccc4c(c3)oc3ccccc34)cc2)cc1. The summed E-state index contributed by atoms with van der Waals surface area (Å²) in [6, 6.07) is 69.7. The van der Waals surface area contributed by atoms with Crippen LogP contribution in [-0.4, -0.2) is 0 Å². The number of nitrogens with zero attached hydrogens (tertiary/aromatic N) is 1. The highest BCUT2D eigenvalue weighted by molar-refractivity contribution is 6.06. The molecule has 4 nitrogen and oxygen atoms in total. The van der Waals surface area contributed by atoms with Gasteiger partial charge in [0.2, 0.25) is 0 Å². The lowest BCUT2D eigenvalue weighted by atomic mass is 9.99. The van der Waals surface area contributed by atoms with E-state index in [2.05, 4.69) is 157 Å². The van der Waals surface area contributed by atoms with E-state index in [1.807, 2.05) is 48.5 Å². The largest absolute Gasteiger partial charge is 0.456 e. The highest BCUT2D eigenvalue weighted by Gasteiger charge is 2.20. The summed E-state index contributed by atoms with van der Waals surface area (Å²) in [7, 11) is 0. The van der Waals surface area contributed by atoms with Crippen LogP contribution in [0.15, 0.2) is 205 Å². The van der Waals surface area contributed by atoms with E-state index >= 15 is 0 Å². The van der Waals surface area contributed by atoms with Gasteiger partial charge in [0.05, 0.1) is 5.39 Å². The fourth-order valence-electron chi connectivity index (χ4n) is 7.92. The molecule has 9 aromatic carbocycles. The van der Waals surface area contributed by atoms with Crippen molar-refractivity contribution >= 4 is 49.8 Å². The van der Waals surface area contributed by atoms with Gasteiger partial charge in [-0.2, -0.15) is 0 Å². The Bertz CT molecular complexity index is 3050. The van der Waals surface area contributed by atoms with Gasteiger partial charge in [-0.05, 0) is 105 Å². The molecule has 10 aromatic rings. The molecule has 11 rings (SSSR count). The number of fused-ring (bicyclic) bond motifs is 4. The second-order valence-electron chi connectivity index (χ2n) is 14.1. The van der Waals surface area contributed by atoms with Crippen LogP contribution < -0.4 is 14.4 Å². The van der Waals surface area contributed by atoms with Gasteiger partial charge in [-0.15, -0.1) is 0 Å². The minimum atomic E-state index is 0.699. The van der Waals surface area contributed by atoms with Crippen LogP contribution in [0.25, 0.3) is 66.1 Å². The van der Waals surface area contributed by atoms with Gasteiger partial charge >= 0.3 is 0 Å². The van der Waals surface area contributed by atoms with Gasteiger partial charge < -0.3 is 18.8 Å². The average Bonchev–Trinajstić information content (AvgIpc) is 3.55. The summed E-state index contributed by atoms with van der Waals surface area (Å²) in [5, 5.41) is 4.31. The van der Waals surface area contributed by atoms with Crippen molar-refractivity contribution in [1.82, 2.24) is 0 Å². The number of hydrogen-bond donors (Lipinski definition) is 0. The van der Waals surface area contributed by atoms with Gasteiger partial charge in [0, 0.05) is 33.9 Å². The standard InChI is InChI=1S/C52H33NO3/c1-2-8-34(9-3-1)36-20-25-41(26-21-36)53(43-29-30-45-44-12-4-5-13-46(44)54-50(45)33-43)42-27-22-37(23-28-42)35-16-18-38(19-17-35)40-24-31-47-51(32-40)56-49-15-7-11-39-10-6-14-48(55-47)52(39)49/h1-33H. The van der Waals surface area contributed by atoms with Crippen molar-refractivity contribution in [3.8, 4) is 56.4 Å². The molecule has 1 aromatic heterocycles. The van der Waals surface area contributed by atoms with Crippen LogP contribution in [0.4, 0.5) is 17.1 Å². The first-order valence-corrected chi connectivity index (χ1v) is 18.8. The van der Waals surface area contributed by atoms with Gasteiger partial charge in [-0.1, -0.05) is 127 Å². The second kappa shape index (κ2) is 13.1. The zero-order valence-corrected chi connectivity index (χ0v) is 30.2. The number of furan rings is 1. The normalized spacial score (nSPS) is 11.9. The van der Waals surface area contributed by atoms with Gasteiger partial charge in [-0.3, -0.25) is 0 Å². The number of hydrogen-bond acceptors (Lipinski definition) is 4. The Morgan fingerprint density at radius 1 is 0.304 bits per heavy atom. The first-order chi connectivity index (χ1) is 27.7. The lowest BCUT2D eigenvalue weighted by Crippen LogP contribution is -2.09. The summed E-state index contributed by atoms with van der Waals surface area (Å²) in [6.07, 6.45) is 0. The van der Waals surface area contributed by atoms with Gasteiger partial charge in [0.15, 0.2) is 11.5 Å². The van der Waals surface area contributed by atoms with Crippen LogP contribution in [0.2, 0.25) is 0 Å². The first kappa shape index (κ1) is 31.9. The van der Waals surface area contributed by atoms with Crippen molar-refractivity contribution in [1.29, 1.82) is 0 Å². The molecule has 0 unspecified atom stereocenters. The van der Waals surface area contributed by atoms with Crippen molar-refractivity contribution in [3.63, 3.8) is 0 Å². The first-order valence-electron chi connectivity index (χ1n) is 18.8. The minimum Gasteiger partial charge on any atom is -0.456 e. The Kier molecular flexibility index (Phi) is 7.46. The predicted octanol–water partition coefficient (Wildman–Crippen LogP) is 15.1. The maximum atomic E-state index is 6.45. The van der Waals surface area contributed by atoms with Crippen molar-refractivity contribution < 1.29 is 13.9 Å². The van der Waals surface area contributed by atoms with E-state index in [4.69, 9.17) is 13.9 Å². The van der Waals surface area contributed by atoms with Crippen LogP contribution in [-0.2, 0) is 0 Å². The van der Waals surface area contributed by atoms with E-state index in [9.17, 15) is 0 Å². The van der Waals surface area contributed by atoms with E-state index in [1.165, 1.54) is 11.1 Å². The maximum Gasteiger partial charge on any atom is 0.170 e. The number of benzene rings is 9. The van der Waals surface area contributed by atoms with Crippen molar-refractivity contribution in [3.05, 3.63) is 200 Å². The molecule has 56 heavy (non-hydrogen) atoms. The van der Waals surface area contributed by atoms with Crippen LogP contribution in [0, 0.1) is 0 Å². The molecule has 0 saturated heterocycles. The molecule has 0 bridgehead atoms. The summed E-state index contributed by atoms with van der Waals surface area (Å²) in [5.41, 5.74) is 11.7. The van der Waals surface area contributed by atoms with Crippen molar-refractivity contribution in [2.45, 2.75) is 0 Å². The third kappa shape index (κ3) is 5.55. The van der Waals surface area contributed by atoms with Crippen LogP contribution >= 0.6 is 0 Å². The molecule has 0 aliphatic carbocycles. The number of ether oxygens (including phenoxy) is 2. The van der Waals surface area contributed by atoms with Crippen LogP contribution in [0.1, 0.15) is 0 Å². The van der Waals surface area contributed by atoms with E-state index in [0.717, 1.165) is 83.5 Å². The van der Waals surface area contributed by atoms with Crippen molar-refractivity contribution in [2.75, 3.05) is 4.90 Å². The van der Waals surface area contributed by atoms with E-state index in [-0.39, 0.29) is 0 Å². The lowest BCUT2D eigenvalue weighted by Gasteiger charge is -2.26. The molecule has 0 fully saturated rings.